The van der Waals surface area contributed by atoms with E-state index in [1.165, 1.54) is 0 Å². The fourth-order valence-corrected chi connectivity index (χ4v) is 1.40. The van der Waals surface area contributed by atoms with E-state index in [4.69, 9.17) is 5.73 Å². The largest absolute Gasteiger partial charge is 0.397 e. The lowest BCUT2D eigenvalue weighted by Crippen LogP contribution is -1.91. The molecule has 12 heavy (non-hydrogen) atoms. The van der Waals surface area contributed by atoms with Crippen LogP contribution in [-0.2, 0) is 0 Å². The molecule has 0 radical (unpaired) electrons. The van der Waals surface area contributed by atoms with E-state index in [1.807, 2.05) is 18.2 Å². The Labute approximate surface area is 77.7 Å². The van der Waals surface area contributed by atoms with Gasteiger partial charge >= 0.3 is 0 Å². The highest BCUT2D eigenvalue weighted by Crippen LogP contribution is 2.20. The number of benzene rings is 1. The summed E-state index contributed by atoms with van der Waals surface area (Å²) in [6.45, 7) is 0. The van der Waals surface area contributed by atoms with E-state index < -0.39 is 0 Å². The van der Waals surface area contributed by atoms with Crippen molar-refractivity contribution in [3.63, 3.8) is 0 Å². The molecule has 2 rings (SSSR count). The maximum atomic E-state index is 5.69. The molecule has 2 N–H and O–H groups in total. The van der Waals surface area contributed by atoms with E-state index in [0.29, 0.717) is 5.69 Å². The van der Waals surface area contributed by atoms with Crippen molar-refractivity contribution in [2.45, 2.75) is 0 Å². The predicted octanol–water partition coefficient (Wildman–Crippen LogP) is 1.97. The van der Waals surface area contributed by atoms with Crippen LogP contribution < -0.4 is 5.73 Å². The lowest BCUT2D eigenvalue weighted by Gasteiger charge is -1.98. The Kier molecular flexibility index (Phi) is 1.69. The first-order valence-electron chi connectivity index (χ1n) is 3.44. The van der Waals surface area contributed by atoms with Gasteiger partial charge in [-0.1, -0.05) is 15.9 Å². The summed E-state index contributed by atoms with van der Waals surface area (Å²) in [5.41, 5.74) is 7.16. The van der Waals surface area contributed by atoms with Crippen LogP contribution in [0.25, 0.3) is 10.9 Å². The first kappa shape index (κ1) is 7.49. The lowest BCUT2D eigenvalue weighted by molar-refractivity contribution is 1.08. The molecule has 0 aliphatic heterocycles. The van der Waals surface area contributed by atoms with Gasteiger partial charge in [0.05, 0.1) is 17.4 Å². The normalized spacial score (nSPS) is 10.4. The molecule has 1 heterocycles. The maximum absolute atomic E-state index is 5.69. The first-order valence-corrected chi connectivity index (χ1v) is 4.23. The second-order valence-corrected chi connectivity index (χ2v) is 3.38. The molecule has 4 heteroatoms. The maximum Gasteiger partial charge on any atom is 0.0961 e. The van der Waals surface area contributed by atoms with E-state index in [1.54, 1.807) is 6.20 Å². The van der Waals surface area contributed by atoms with Crippen molar-refractivity contribution in [2.24, 2.45) is 0 Å². The van der Waals surface area contributed by atoms with Gasteiger partial charge in [-0.3, -0.25) is 0 Å². The van der Waals surface area contributed by atoms with Gasteiger partial charge in [-0.25, -0.2) is 0 Å². The number of aromatic nitrogens is 2. The number of nitrogens with two attached hydrogens (primary N) is 1. The van der Waals surface area contributed by atoms with Crippen molar-refractivity contribution in [3.8, 4) is 0 Å². The number of anilines is 1. The Morgan fingerprint density at radius 2 is 2.17 bits per heavy atom. The minimum Gasteiger partial charge on any atom is -0.397 e. The zero-order valence-electron chi connectivity index (χ0n) is 6.16. The van der Waals surface area contributed by atoms with Crippen molar-refractivity contribution >= 4 is 32.5 Å². The number of rotatable bonds is 0. The average Bonchev–Trinajstić information content (AvgIpc) is 2.04. The van der Waals surface area contributed by atoms with Crippen LogP contribution in [0.2, 0.25) is 0 Å². The monoisotopic (exact) mass is 223 g/mol. The number of fused-ring (bicyclic) bond motifs is 1. The third-order valence-corrected chi connectivity index (χ3v) is 2.13. The molecule has 0 bridgehead atoms. The van der Waals surface area contributed by atoms with Crippen LogP contribution >= 0.6 is 15.9 Å². The molecule has 0 atom stereocenters. The molecule has 0 unspecified atom stereocenters. The molecule has 2 aromatic rings. The van der Waals surface area contributed by atoms with E-state index in [0.717, 1.165) is 15.4 Å². The highest BCUT2D eigenvalue weighted by atomic mass is 79.9. The molecular formula is C8H6BrN3. The zero-order chi connectivity index (χ0) is 8.55. The third-order valence-electron chi connectivity index (χ3n) is 1.63. The number of nitrogen functional groups attached to an aromatic ring is 1. The Morgan fingerprint density at radius 1 is 1.33 bits per heavy atom. The third kappa shape index (κ3) is 1.14. The summed E-state index contributed by atoms with van der Waals surface area (Å²) in [6, 6.07) is 5.74. The van der Waals surface area contributed by atoms with Gasteiger partial charge in [0.2, 0.25) is 0 Å². The van der Waals surface area contributed by atoms with Gasteiger partial charge in [-0.05, 0) is 18.2 Å². The van der Waals surface area contributed by atoms with Gasteiger partial charge in [0.1, 0.15) is 0 Å². The average molecular weight is 224 g/mol. The molecule has 1 aromatic heterocycles. The molecule has 3 nitrogen and oxygen atoms in total. The summed E-state index contributed by atoms with van der Waals surface area (Å²) in [6.07, 6.45) is 1.55. The van der Waals surface area contributed by atoms with Crippen LogP contribution in [0, 0.1) is 0 Å². The Morgan fingerprint density at radius 3 is 3.00 bits per heavy atom. The van der Waals surface area contributed by atoms with Gasteiger partial charge < -0.3 is 5.73 Å². The first-order chi connectivity index (χ1) is 5.77. The minimum atomic E-state index is 0.660. The van der Waals surface area contributed by atoms with Crippen LogP contribution in [0.15, 0.2) is 28.9 Å². The van der Waals surface area contributed by atoms with Crippen LogP contribution in [0.3, 0.4) is 0 Å². The molecule has 1 aromatic carbocycles. The Hall–Kier alpha value is -1.16. The lowest BCUT2D eigenvalue weighted by atomic mass is 10.2. The van der Waals surface area contributed by atoms with Gasteiger partial charge in [0.25, 0.3) is 0 Å². The summed E-state index contributed by atoms with van der Waals surface area (Å²) in [7, 11) is 0. The summed E-state index contributed by atoms with van der Waals surface area (Å²) in [5.74, 6) is 0. The fraction of sp³-hybridized carbons (Fsp3) is 0. The number of hydrogen-bond donors (Lipinski definition) is 1. The molecule has 0 amide bonds. The number of nitrogens with zero attached hydrogens (tertiary/aromatic N) is 2. The summed E-state index contributed by atoms with van der Waals surface area (Å²) in [5, 5.41) is 8.64. The second-order valence-electron chi connectivity index (χ2n) is 2.46. The number of halogens is 1. The van der Waals surface area contributed by atoms with Crippen LogP contribution in [0.1, 0.15) is 0 Å². The van der Waals surface area contributed by atoms with E-state index in [-0.39, 0.29) is 0 Å². The molecule has 0 saturated carbocycles. The van der Waals surface area contributed by atoms with Gasteiger partial charge in [0.15, 0.2) is 0 Å². The Balaban J connectivity index is 2.86. The Bertz CT molecular complexity index is 428. The van der Waals surface area contributed by atoms with Crippen molar-refractivity contribution in [1.82, 2.24) is 10.2 Å². The highest BCUT2D eigenvalue weighted by Gasteiger charge is 1.98. The molecule has 0 fully saturated rings. The smallest absolute Gasteiger partial charge is 0.0961 e. The van der Waals surface area contributed by atoms with Crippen LogP contribution in [0.5, 0.6) is 0 Å². The van der Waals surface area contributed by atoms with Crippen LogP contribution in [-0.4, -0.2) is 10.2 Å². The number of hydrogen-bond acceptors (Lipinski definition) is 3. The van der Waals surface area contributed by atoms with Crippen molar-refractivity contribution in [3.05, 3.63) is 28.9 Å². The van der Waals surface area contributed by atoms with Gasteiger partial charge in [0, 0.05) is 9.86 Å². The molecule has 0 aliphatic carbocycles. The fourth-order valence-electron chi connectivity index (χ4n) is 1.05. The van der Waals surface area contributed by atoms with E-state index >= 15 is 0 Å². The molecular weight excluding hydrogens is 218 g/mol. The molecule has 0 aliphatic rings. The van der Waals surface area contributed by atoms with Crippen molar-refractivity contribution in [2.75, 3.05) is 5.73 Å². The summed E-state index contributed by atoms with van der Waals surface area (Å²) < 4.78 is 0.981. The summed E-state index contributed by atoms with van der Waals surface area (Å²) >= 11 is 3.35. The molecule has 0 spiro atoms. The zero-order valence-corrected chi connectivity index (χ0v) is 7.75. The van der Waals surface area contributed by atoms with Gasteiger partial charge in [-0.2, -0.15) is 10.2 Å². The standard InChI is InChI=1S/C8H6BrN3/c9-5-1-2-6-7(10)4-11-12-8(6)3-5/h1-4H,(H2,10,12). The SMILES string of the molecule is Nc1cnnc2cc(Br)ccc12. The quantitative estimate of drug-likeness (QED) is 0.744. The van der Waals surface area contributed by atoms with E-state index in [2.05, 4.69) is 26.1 Å². The molecule has 0 saturated heterocycles. The topological polar surface area (TPSA) is 51.8 Å². The van der Waals surface area contributed by atoms with Crippen molar-refractivity contribution in [1.29, 1.82) is 0 Å². The van der Waals surface area contributed by atoms with E-state index in [9.17, 15) is 0 Å². The predicted molar refractivity (Wildman–Crippen MR) is 51.7 cm³/mol. The van der Waals surface area contributed by atoms with Gasteiger partial charge in [-0.15, -0.1) is 0 Å². The van der Waals surface area contributed by atoms with Crippen molar-refractivity contribution < 1.29 is 0 Å². The second kappa shape index (κ2) is 2.71. The molecule has 60 valence electrons. The van der Waals surface area contributed by atoms with Crippen LogP contribution in [0.4, 0.5) is 5.69 Å². The summed E-state index contributed by atoms with van der Waals surface area (Å²) in [4.78, 5) is 0. The highest BCUT2D eigenvalue weighted by molar-refractivity contribution is 9.10. The minimum absolute atomic E-state index is 0.660.